The number of carboxylic acid groups (broad SMARTS) is 1. The molecule has 0 bridgehead atoms. The number of nitrogens with zero attached hydrogens (tertiary/aromatic N) is 3. The molecule has 33 heavy (non-hydrogen) atoms. The van der Waals surface area contributed by atoms with E-state index in [0.717, 1.165) is 11.1 Å². The molecule has 3 aromatic rings. The molecule has 2 aromatic carbocycles. The molecule has 0 aliphatic rings. The molecule has 9 heteroatoms. The van der Waals surface area contributed by atoms with Crippen LogP contribution in [0.1, 0.15) is 38.2 Å². The van der Waals surface area contributed by atoms with Crippen molar-refractivity contribution in [2.45, 2.75) is 33.4 Å². The summed E-state index contributed by atoms with van der Waals surface area (Å²) in [5.41, 5.74) is 1.57. The molecule has 174 valence electrons. The van der Waals surface area contributed by atoms with Gasteiger partial charge in [0.25, 0.3) is 5.89 Å². The maximum atomic E-state index is 12.4. The Hall–Kier alpha value is -3.88. The first-order chi connectivity index (χ1) is 15.8. The summed E-state index contributed by atoms with van der Waals surface area (Å²) < 4.78 is 16.2. The maximum Gasteiger partial charge on any atom is 0.410 e. The van der Waals surface area contributed by atoms with Crippen LogP contribution in [0.5, 0.6) is 5.75 Å². The van der Waals surface area contributed by atoms with Crippen LogP contribution in [0.15, 0.2) is 59.1 Å². The first-order valence-corrected chi connectivity index (χ1v) is 10.6. The van der Waals surface area contributed by atoms with Crippen molar-refractivity contribution in [1.82, 2.24) is 15.0 Å². The number of carbonyl (C=O) groups is 2. The summed E-state index contributed by atoms with van der Waals surface area (Å²) in [7, 11) is 0. The molecule has 1 amide bonds. The van der Waals surface area contributed by atoms with Crippen molar-refractivity contribution >= 4 is 12.1 Å². The average Bonchev–Trinajstić information content (AvgIpc) is 3.29. The predicted octanol–water partition coefficient (Wildman–Crippen LogP) is 4.56. The third kappa shape index (κ3) is 6.80. The number of benzene rings is 2. The topological polar surface area (TPSA) is 115 Å². The molecule has 0 saturated heterocycles. The summed E-state index contributed by atoms with van der Waals surface area (Å²) in [6.07, 6.45) is -0.662. The fourth-order valence-corrected chi connectivity index (χ4v) is 3.01. The largest absolute Gasteiger partial charge is 0.485 e. The van der Waals surface area contributed by atoms with Crippen molar-refractivity contribution in [2.24, 2.45) is 5.92 Å². The van der Waals surface area contributed by atoms with Gasteiger partial charge in [0.15, 0.2) is 6.61 Å². The molecule has 1 aromatic heterocycles. The van der Waals surface area contributed by atoms with Gasteiger partial charge in [-0.3, -0.25) is 9.69 Å². The van der Waals surface area contributed by atoms with Gasteiger partial charge in [0, 0.05) is 5.56 Å². The van der Waals surface area contributed by atoms with E-state index in [0.29, 0.717) is 17.5 Å². The molecule has 1 atom stereocenters. The Morgan fingerprint density at radius 1 is 1.06 bits per heavy atom. The molecule has 0 aliphatic carbocycles. The Bertz CT molecular complexity index is 1050. The van der Waals surface area contributed by atoms with Gasteiger partial charge in [-0.15, -0.1) is 0 Å². The number of hydrogen-bond acceptors (Lipinski definition) is 7. The van der Waals surface area contributed by atoms with Crippen LogP contribution in [0, 0.1) is 5.92 Å². The second kappa shape index (κ2) is 11.1. The Balaban J connectivity index is 1.61. The summed E-state index contributed by atoms with van der Waals surface area (Å²) in [4.78, 5) is 29.2. The molecule has 9 nitrogen and oxygen atoms in total. The van der Waals surface area contributed by atoms with Crippen LogP contribution < -0.4 is 4.74 Å². The Morgan fingerprint density at radius 2 is 1.76 bits per heavy atom. The highest BCUT2D eigenvalue weighted by Gasteiger charge is 2.25. The molecule has 3 rings (SSSR count). The first kappa shape index (κ1) is 23.8. The highest BCUT2D eigenvalue weighted by molar-refractivity contribution is 5.77. The lowest BCUT2D eigenvalue weighted by Crippen LogP contribution is -2.38. The third-order valence-electron chi connectivity index (χ3n) is 4.77. The quantitative estimate of drug-likeness (QED) is 0.475. The van der Waals surface area contributed by atoms with E-state index in [-0.39, 0.29) is 19.1 Å². The van der Waals surface area contributed by atoms with E-state index in [1.807, 2.05) is 44.2 Å². The first-order valence-electron chi connectivity index (χ1n) is 10.6. The lowest BCUT2D eigenvalue weighted by atomic mass is 10.1. The number of carboxylic acids is 1. The molecule has 1 heterocycles. The fraction of sp³-hybridized carbons (Fsp3) is 0.333. The van der Waals surface area contributed by atoms with E-state index in [4.69, 9.17) is 14.0 Å². The smallest absolute Gasteiger partial charge is 0.410 e. The minimum absolute atomic E-state index is 0.123. The lowest BCUT2D eigenvalue weighted by Gasteiger charge is -2.27. The molecule has 0 fully saturated rings. The van der Waals surface area contributed by atoms with Gasteiger partial charge < -0.3 is 19.1 Å². The number of aliphatic carboxylic acids is 1. The predicted molar refractivity (Wildman–Crippen MR) is 119 cm³/mol. The monoisotopic (exact) mass is 453 g/mol. The minimum Gasteiger partial charge on any atom is -0.485 e. The number of rotatable bonds is 10. The average molecular weight is 453 g/mol. The van der Waals surface area contributed by atoms with Crippen molar-refractivity contribution < 1.29 is 28.7 Å². The number of aromatic nitrogens is 2. The highest BCUT2D eigenvalue weighted by atomic mass is 16.6. The second-order valence-electron chi connectivity index (χ2n) is 7.91. The zero-order chi connectivity index (χ0) is 23.8. The Kier molecular flexibility index (Phi) is 8.01. The molecule has 0 radical (unpaired) electrons. The van der Waals surface area contributed by atoms with E-state index < -0.39 is 24.6 Å². The van der Waals surface area contributed by atoms with Crippen LogP contribution in [-0.4, -0.2) is 45.4 Å². The standard InChI is InChI=1S/C24H27N3O6/c1-16(2)14-32-24(30)27(13-22(28)29)17(3)18-9-11-20(12-10-18)31-15-21-25-23(33-26-21)19-7-5-4-6-8-19/h4-12,16-17H,13-15H2,1-3H3,(H,28,29)/t17-/m1/s1. The number of carbonyl (C=O) groups excluding carboxylic acids is 1. The normalized spacial score (nSPS) is 11.8. The van der Waals surface area contributed by atoms with Crippen molar-refractivity contribution in [3.05, 3.63) is 66.0 Å². The van der Waals surface area contributed by atoms with Gasteiger partial charge in [0.05, 0.1) is 12.6 Å². The lowest BCUT2D eigenvalue weighted by molar-refractivity contribution is -0.138. The number of hydrogen-bond donors (Lipinski definition) is 1. The third-order valence-corrected chi connectivity index (χ3v) is 4.77. The Morgan fingerprint density at radius 3 is 2.39 bits per heavy atom. The van der Waals surface area contributed by atoms with Crippen molar-refractivity contribution in [2.75, 3.05) is 13.2 Å². The van der Waals surface area contributed by atoms with Crippen LogP contribution in [0.4, 0.5) is 4.79 Å². The summed E-state index contributed by atoms with van der Waals surface area (Å²) >= 11 is 0. The van der Waals surface area contributed by atoms with Gasteiger partial charge in [0.2, 0.25) is 5.82 Å². The second-order valence-corrected chi connectivity index (χ2v) is 7.91. The maximum absolute atomic E-state index is 12.4. The van der Waals surface area contributed by atoms with Crippen LogP contribution in [0.25, 0.3) is 11.5 Å². The van der Waals surface area contributed by atoms with Gasteiger partial charge in [0.1, 0.15) is 12.3 Å². The highest BCUT2D eigenvalue weighted by Crippen LogP contribution is 2.24. The van der Waals surface area contributed by atoms with Gasteiger partial charge >= 0.3 is 12.1 Å². The fourth-order valence-electron chi connectivity index (χ4n) is 3.01. The van der Waals surface area contributed by atoms with Crippen LogP contribution in [0.2, 0.25) is 0 Å². The summed E-state index contributed by atoms with van der Waals surface area (Å²) in [6.45, 7) is 5.45. The zero-order valence-corrected chi connectivity index (χ0v) is 18.8. The molecular weight excluding hydrogens is 426 g/mol. The van der Waals surface area contributed by atoms with Crippen LogP contribution >= 0.6 is 0 Å². The van der Waals surface area contributed by atoms with Crippen LogP contribution in [0.3, 0.4) is 0 Å². The molecular formula is C24H27N3O6. The van der Waals surface area contributed by atoms with Gasteiger partial charge in [-0.05, 0) is 42.7 Å². The van der Waals surface area contributed by atoms with E-state index in [9.17, 15) is 14.7 Å². The molecule has 0 aliphatic heterocycles. The Labute approximate surface area is 191 Å². The summed E-state index contributed by atoms with van der Waals surface area (Å²) in [5, 5.41) is 13.1. The molecule has 0 unspecified atom stereocenters. The molecule has 0 spiro atoms. The molecule has 1 N–H and O–H groups in total. The molecule has 0 saturated carbocycles. The SMILES string of the molecule is CC(C)COC(=O)N(CC(=O)O)[C@H](C)c1ccc(OCc2noc(-c3ccccc3)n2)cc1. The van der Waals surface area contributed by atoms with E-state index >= 15 is 0 Å². The van der Waals surface area contributed by atoms with Gasteiger partial charge in [-0.2, -0.15) is 4.98 Å². The van der Waals surface area contributed by atoms with Crippen molar-refractivity contribution in [1.29, 1.82) is 0 Å². The zero-order valence-electron chi connectivity index (χ0n) is 18.8. The number of ether oxygens (including phenoxy) is 2. The van der Waals surface area contributed by atoms with E-state index in [1.165, 1.54) is 4.90 Å². The van der Waals surface area contributed by atoms with E-state index in [1.54, 1.807) is 31.2 Å². The van der Waals surface area contributed by atoms with E-state index in [2.05, 4.69) is 10.1 Å². The summed E-state index contributed by atoms with van der Waals surface area (Å²) in [5.74, 6) is 0.436. The van der Waals surface area contributed by atoms with Gasteiger partial charge in [-0.25, -0.2) is 4.79 Å². The van der Waals surface area contributed by atoms with Gasteiger partial charge in [-0.1, -0.05) is 49.3 Å². The van der Waals surface area contributed by atoms with Crippen molar-refractivity contribution in [3.8, 4) is 17.2 Å². The van der Waals surface area contributed by atoms with Crippen molar-refractivity contribution in [3.63, 3.8) is 0 Å². The minimum atomic E-state index is -1.11. The van der Waals surface area contributed by atoms with Crippen LogP contribution in [-0.2, 0) is 16.1 Å². The summed E-state index contributed by atoms with van der Waals surface area (Å²) in [6, 6.07) is 16.0. The number of amides is 1.